The van der Waals surface area contributed by atoms with Gasteiger partial charge in [-0.2, -0.15) is 4.73 Å². The highest BCUT2D eigenvalue weighted by Crippen LogP contribution is 2.14. The van der Waals surface area contributed by atoms with E-state index in [0.29, 0.717) is 21.9 Å². The molecule has 21 heavy (non-hydrogen) atoms. The molecular formula is C14H17N5O2. The summed E-state index contributed by atoms with van der Waals surface area (Å²) in [6.45, 7) is 5.67. The SMILES string of the molecule is CC(C)(C)NC(=O)Nc1ccnc(-c2cc[n+]([O-])cc2)n1. The predicted molar refractivity (Wildman–Crippen MR) is 78.3 cm³/mol. The second-order valence-electron chi connectivity index (χ2n) is 5.54. The number of carbonyl (C=O) groups excluding carboxylic acids is 1. The highest BCUT2D eigenvalue weighted by molar-refractivity contribution is 5.88. The van der Waals surface area contributed by atoms with E-state index in [4.69, 9.17) is 0 Å². The number of nitrogens with one attached hydrogen (secondary N) is 2. The molecule has 2 heterocycles. The maximum atomic E-state index is 11.8. The Morgan fingerprint density at radius 2 is 1.90 bits per heavy atom. The van der Waals surface area contributed by atoms with Crippen molar-refractivity contribution in [1.82, 2.24) is 15.3 Å². The summed E-state index contributed by atoms with van der Waals surface area (Å²) in [7, 11) is 0. The van der Waals surface area contributed by atoms with Crippen LogP contribution in [-0.4, -0.2) is 21.5 Å². The molecule has 7 heteroatoms. The van der Waals surface area contributed by atoms with Crippen LogP contribution in [0.25, 0.3) is 11.4 Å². The fourth-order valence-corrected chi connectivity index (χ4v) is 1.62. The van der Waals surface area contributed by atoms with Crippen molar-refractivity contribution in [3.63, 3.8) is 0 Å². The van der Waals surface area contributed by atoms with Crippen LogP contribution >= 0.6 is 0 Å². The van der Waals surface area contributed by atoms with Crippen molar-refractivity contribution in [2.24, 2.45) is 0 Å². The van der Waals surface area contributed by atoms with Crippen molar-refractivity contribution in [3.8, 4) is 11.4 Å². The zero-order chi connectivity index (χ0) is 15.5. The molecular weight excluding hydrogens is 270 g/mol. The molecule has 110 valence electrons. The predicted octanol–water partition coefficient (Wildman–Crippen LogP) is 1.70. The first kappa shape index (κ1) is 14.7. The minimum Gasteiger partial charge on any atom is -0.619 e. The fraction of sp³-hybridized carbons (Fsp3) is 0.286. The Balaban J connectivity index is 2.14. The number of rotatable bonds is 2. The van der Waals surface area contributed by atoms with E-state index in [9.17, 15) is 10.0 Å². The zero-order valence-electron chi connectivity index (χ0n) is 12.1. The first-order chi connectivity index (χ1) is 9.83. The third kappa shape index (κ3) is 4.41. The van der Waals surface area contributed by atoms with Crippen molar-refractivity contribution in [3.05, 3.63) is 42.0 Å². The maximum Gasteiger partial charge on any atom is 0.320 e. The molecule has 0 atom stereocenters. The molecule has 0 saturated carbocycles. The summed E-state index contributed by atoms with van der Waals surface area (Å²) in [5.74, 6) is 0.824. The molecule has 0 aliphatic carbocycles. The maximum absolute atomic E-state index is 11.8. The lowest BCUT2D eigenvalue weighted by molar-refractivity contribution is -0.605. The quantitative estimate of drug-likeness (QED) is 0.649. The number of carbonyl (C=O) groups is 1. The summed E-state index contributed by atoms with van der Waals surface area (Å²) in [5.41, 5.74) is 0.364. The molecule has 2 aromatic rings. The lowest BCUT2D eigenvalue weighted by Crippen LogP contribution is -2.43. The Hall–Kier alpha value is -2.70. The monoisotopic (exact) mass is 287 g/mol. The van der Waals surface area contributed by atoms with Gasteiger partial charge in [0.2, 0.25) is 0 Å². The molecule has 0 saturated heterocycles. The molecule has 0 fully saturated rings. The Kier molecular flexibility index (Phi) is 4.02. The van der Waals surface area contributed by atoms with Gasteiger partial charge in [-0.25, -0.2) is 14.8 Å². The average molecular weight is 287 g/mol. The van der Waals surface area contributed by atoms with E-state index in [1.807, 2.05) is 20.8 Å². The van der Waals surface area contributed by atoms with Gasteiger partial charge in [-0.15, -0.1) is 0 Å². The molecule has 0 aliphatic rings. The van der Waals surface area contributed by atoms with Crippen molar-refractivity contribution in [2.45, 2.75) is 26.3 Å². The number of hydrogen-bond donors (Lipinski definition) is 2. The Bertz CT molecular complexity index is 635. The van der Waals surface area contributed by atoms with E-state index in [0.717, 1.165) is 0 Å². The number of amides is 2. The normalized spacial score (nSPS) is 11.0. The van der Waals surface area contributed by atoms with E-state index in [-0.39, 0.29) is 11.6 Å². The minimum absolute atomic E-state index is 0.332. The van der Waals surface area contributed by atoms with Gasteiger partial charge in [0.1, 0.15) is 5.82 Å². The van der Waals surface area contributed by atoms with Gasteiger partial charge in [-0.1, -0.05) is 0 Å². The van der Waals surface area contributed by atoms with Crippen LogP contribution in [0.2, 0.25) is 0 Å². The molecule has 0 spiro atoms. The van der Waals surface area contributed by atoms with Crippen molar-refractivity contribution < 1.29 is 9.52 Å². The number of nitrogens with zero attached hydrogens (tertiary/aromatic N) is 3. The van der Waals surface area contributed by atoms with Gasteiger partial charge in [0.25, 0.3) is 0 Å². The second kappa shape index (κ2) is 5.74. The van der Waals surface area contributed by atoms with Crippen molar-refractivity contribution in [1.29, 1.82) is 0 Å². The standard InChI is InChI=1S/C14H17N5O2/c1-14(2,3)18-13(20)17-11-4-7-15-12(16-11)10-5-8-19(21)9-6-10/h4-9H,1-3H3,(H2,15,16,17,18,20). The number of anilines is 1. The topological polar surface area (TPSA) is 93.9 Å². The van der Waals surface area contributed by atoms with Crippen LogP contribution in [0.15, 0.2) is 36.8 Å². The number of hydrogen-bond acceptors (Lipinski definition) is 4. The highest BCUT2D eigenvalue weighted by Gasteiger charge is 2.14. The molecule has 2 amide bonds. The summed E-state index contributed by atoms with van der Waals surface area (Å²) in [6.07, 6.45) is 4.28. The second-order valence-corrected chi connectivity index (χ2v) is 5.54. The van der Waals surface area contributed by atoms with Crippen molar-refractivity contribution >= 4 is 11.8 Å². The molecule has 7 nitrogen and oxygen atoms in total. The van der Waals surface area contributed by atoms with E-state index in [1.54, 1.807) is 24.4 Å². The van der Waals surface area contributed by atoms with Crippen LogP contribution in [0.4, 0.5) is 10.6 Å². The minimum atomic E-state index is -0.336. The smallest absolute Gasteiger partial charge is 0.320 e. The Morgan fingerprint density at radius 3 is 2.52 bits per heavy atom. The number of pyridine rings is 1. The number of urea groups is 1. The van der Waals surface area contributed by atoms with Crippen LogP contribution in [0.1, 0.15) is 20.8 Å². The first-order valence-electron chi connectivity index (χ1n) is 6.45. The molecule has 2 aromatic heterocycles. The molecule has 0 radical (unpaired) electrons. The van der Waals surface area contributed by atoms with Crippen LogP contribution in [0, 0.1) is 5.21 Å². The van der Waals surface area contributed by atoms with E-state index < -0.39 is 0 Å². The van der Waals surface area contributed by atoms with Gasteiger partial charge in [0, 0.05) is 29.4 Å². The lowest BCUT2D eigenvalue weighted by atomic mass is 10.1. The summed E-state index contributed by atoms with van der Waals surface area (Å²) < 4.78 is 0.683. The van der Waals surface area contributed by atoms with Gasteiger partial charge >= 0.3 is 6.03 Å². The van der Waals surface area contributed by atoms with Gasteiger partial charge in [-0.3, -0.25) is 5.32 Å². The summed E-state index contributed by atoms with van der Waals surface area (Å²) >= 11 is 0. The van der Waals surface area contributed by atoms with Crippen LogP contribution in [0.3, 0.4) is 0 Å². The fourth-order valence-electron chi connectivity index (χ4n) is 1.62. The van der Waals surface area contributed by atoms with Gasteiger partial charge < -0.3 is 10.5 Å². The number of aromatic nitrogens is 3. The van der Waals surface area contributed by atoms with Gasteiger partial charge in [-0.05, 0) is 26.8 Å². The molecule has 2 rings (SSSR count). The summed E-state index contributed by atoms with van der Waals surface area (Å²) in [5, 5.41) is 16.4. The molecule has 0 aromatic carbocycles. The van der Waals surface area contributed by atoms with Crippen LogP contribution in [0.5, 0.6) is 0 Å². The van der Waals surface area contributed by atoms with Crippen LogP contribution in [-0.2, 0) is 0 Å². The summed E-state index contributed by atoms with van der Waals surface area (Å²) in [4.78, 5) is 20.2. The van der Waals surface area contributed by atoms with Crippen LogP contribution < -0.4 is 15.4 Å². The lowest BCUT2D eigenvalue weighted by Gasteiger charge is -2.20. The Labute approximate surface area is 122 Å². The van der Waals surface area contributed by atoms with E-state index in [2.05, 4.69) is 20.6 Å². The first-order valence-corrected chi connectivity index (χ1v) is 6.45. The zero-order valence-corrected chi connectivity index (χ0v) is 12.1. The van der Waals surface area contributed by atoms with Crippen molar-refractivity contribution in [2.75, 3.05) is 5.32 Å². The highest BCUT2D eigenvalue weighted by atomic mass is 16.5. The largest absolute Gasteiger partial charge is 0.619 e. The molecule has 0 bridgehead atoms. The summed E-state index contributed by atoms with van der Waals surface area (Å²) in [6, 6.07) is 4.49. The van der Waals surface area contributed by atoms with E-state index in [1.165, 1.54) is 12.4 Å². The molecule has 0 unspecified atom stereocenters. The third-order valence-corrected chi connectivity index (χ3v) is 2.45. The van der Waals surface area contributed by atoms with Gasteiger partial charge in [0.05, 0.1) is 0 Å². The molecule has 2 N–H and O–H groups in total. The average Bonchev–Trinajstić information content (AvgIpc) is 2.37. The van der Waals surface area contributed by atoms with E-state index >= 15 is 0 Å². The molecule has 0 aliphatic heterocycles. The van der Waals surface area contributed by atoms with Gasteiger partial charge in [0.15, 0.2) is 18.2 Å². The third-order valence-electron chi connectivity index (χ3n) is 2.45. The Morgan fingerprint density at radius 1 is 1.24 bits per heavy atom.